The Hall–Kier alpha value is -3.06. The van der Waals surface area contributed by atoms with Gasteiger partial charge in [-0.25, -0.2) is 4.99 Å². The first-order valence-electron chi connectivity index (χ1n) is 9.28. The van der Waals surface area contributed by atoms with Crippen LogP contribution in [0.4, 0.5) is 5.69 Å². The van der Waals surface area contributed by atoms with Gasteiger partial charge in [0.05, 0.1) is 13.2 Å². The van der Waals surface area contributed by atoms with Gasteiger partial charge in [-0.1, -0.05) is 18.2 Å². The van der Waals surface area contributed by atoms with Gasteiger partial charge in [-0.05, 0) is 36.8 Å². The molecule has 150 valence electrons. The summed E-state index contributed by atoms with van der Waals surface area (Å²) < 4.78 is 10.8. The molecule has 0 radical (unpaired) electrons. The Labute approximate surface area is 165 Å². The van der Waals surface area contributed by atoms with Crippen LogP contribution >= 0.6 is 0 Å². The average Bonchev–Trinajstić information content (AvgIpc) is 2.70. The number of aliphatic imine (C=N–C) groups is 1. The van der Waals surface area contributed by atoms with Crippen LogP contribution in [0, 0.1) is 0 Å². The van der Waals surface area contributed by atoms with Crippen LogP contribution in [0.3, 0.4) is 0 Å². The number of nitrogens with zero attached hydrogens (tertiary/aromatic N) is 1. The van der Waals surface area contributed by atoms with Gasteiger partial charge in [0.15, 0.2) is 5.96 Å². The molecule has 0 spiro atoms. The lowest BCUT2D eigenvalue weighted by Crippen LogP contribution is -2.30. The van der Waals surface area contributed by atoms with Crippen LogP contribution in [-0.2, 0) is 11.3 Å². The number of primary amides is 1. The number of rotatable bonds is 10. The summed E-state index contributed by atoms with van der Waals surface area (Å²) >= 11 is 0. The summed E-state index contributed by atoms with van der Waals surface area (Å²) in [4.78, 5) is 15.7. The van der Waals surface area contributed by atoms with Gasteiger partial charge in [0.2, 0.25) is 5.91 Å². The molecule has 0 aliphatic heterocycles. The van der Waals surface area contributed by atoms with Crippen LogP contribution in [0.1, 0.15) is 29.3 Å². The van der Waals surface area contributed by atoms with E-state index in [9.17, 15) is 4.79 Å². The molecule has 0 atom stereocenters. The van der Waals surface area contributed by atoms with E-state index in [0.717, 1.165) is 30.0 Å². The number of anilines is 1. The van der Waals surface area contributed by atoms with Crippen molar-refractivity contribution in [1.29, 1.82) is 0 Å². The van der Waals surface area contributed by atoms with Crippen LogP contribution in [0.5, 0.6) is 5.75 Å². The van der Waals surface area contributed by atoms with E-state index in [1.807, 2.05) is 43.3 Å². The normalized spacial score (nSPS) is 11.1. The number of benzene rings is 2. The number of methoxy groups -OCH3 is 1. The molecule has 2 aromatic carbocycles. The summed E-state index contributed by atoms with van der Waals surface area (Å²) in [5.41, 5.74) is 7.62. The average molecular weight is 384 g/mol. The third-order valence-electron chi connectivity index (χ3n) is 3.86. The van der Waals surface area contributed by atoms with Crippen molar-refractivity contribution < 1.29 is 14.3 Å². The Bertz CT molecular complexity index is 775. The molecule has 4 N–H and O–H groups in total. The molecule has 7 heteroatoms. The minimum Gasteiger partial charge on any atom is -0.493 e. The molecule has 0 bridgehead atoms. The third-order valence-corrected chi connectivity index (χ3v) is 3.86. The minimum atomic E-state index is -0.436. The number of hydrogen-bond acceptors (Lipinski definition) is 4. The topological polar surface area (TPSA) is 98.0 Å². The van der Waals surface area contributed by atoms with Gasteiger partial charge in [0.1, 0.15) is 5.75 Å². The lowest BCUT2D eigenvalue weighted by Gasteiger charge is -2.13. The second-order valence-electron chi connectivity index (χ2n) is 6.10. The highest BCUT2D eigenvalue weighted by molar-refractivity contribution is 5.94. The number of nitrogens with one attached hydrogen (secondary N) is 2. The fourth-order valence-electron chi connectivity index (χ4n) is 2.45. The Morgan fingerprint density at radius 3 is 2.61 bits per heavy atom. The van der Waals surface area contributed by atoms with Crippen LogP contribution in [0.15, 0.2) is 53.5 Å². The fourth-order valence-corrected chi connectivity index (χ4v) is 2.45. The number of hydrogen-bond donors (Lipinski definition) is 3. The molecule has 0 unspecified atom stereocenters. The summed E-state index contributed by atoms with van der Waals surface area (Å²) in [6.45, 7) is 4.50. The van der Waals surface area contributed by atoms with E-state index in [4.69, 9.17) is 15.2 Å². The molecule has 0 aliphatic rings. The van der Waals surface area contributed by atoms with Crippen molar-refractivity contribution in [3.05, 3.63) is 59.7 Å². The van der Waals surface area contributed by atoms with Gasteiger partial charge in [0.25, 0.3) is 0 Å². The zero-order chi connectivity index (χ0) is 20.2. The smallest absolute Gasteiger partial charge is 0.248 e. The first-order valence-corrected chi connectivity index (χ1v) is 9.28. The minimum absolute atomic E-state index is 0.436. The first-order chi connectivity index (χ1) is 13.6. The van der Waals surface area contributed by atoms with Crippen molar-refractivity contribution in [2.75, 3.05) is 32.2 Å². The second kappa shape index (κ2) is 11.6. The maximum absolute atomic E-state index is 11.2. The number of carbonyl (C=O) groups excluding carboxylic acids is 1. The SMILES string of the molecule is CCNC(=NCc1ccc(C(N)=O)cc1)Nc1cccc(OCCCOC)c1. The van der Waals surface area contributed by atoms with Crippen LogP contribution < -0.4 is 21.1 Å². The van der Waals surface area contributed by atoms with E-state index in [1.165, 1.54) is 0 Å². The van der Waals surface area contributed by atoms with Crippen molar-refractivity contribution in [1.82, 2.24) is 5.32 Å². The summed E-state index contributed by atoms with van der Waals surface area (Å²) in [7, 11) is 1.68. The second-order valence-corrected chi connectivity index (χ2v) is 6.10. The summed E-state index contributed by atoms with van der Waals surface area (Å²) in [6, 6.07) is 14.8. The molecule has 1 amide bonds. The number of guanidine groups is 1. The van der Waals surface area contributed by atoms with E-state index in [-0.39, 0.29) is 0 Å². The van der Waals surface area contributed by atoms with Crippen molar-refractivity contribution in [3.8, 4) is 5.75 Å². The molecule has 0 aliphatic carbocycles. The first kappa shape index (κ1) is 21.2. The third kappa shape index (κ3) is 7.28. The van der Waals surface area contributed by atoms with E-state index >= 15 is 0 Å². The highest BCUT2D eigenvalue weighted by Gasteiger charge is 2.03. The number of nitrogens with two attached hydrogens (primary N) is 1. The lowest BCUT2D eigenvalue weighted by atomic mass is 10.1. The predicted molar refractivity (Wildman–Crippen MR) is 112 cm³/mol. The summed E-state index contributed by atoms with van der Waals surface area (Å²) in [5, 5.41) is 6.50. The van der Waals surface area contributed by atoms with Gasteiger partial charge in [-0.2, -0.15) is 0 Å². The molecule has 2 aromatic rings. The standard InChI is InChI=1S/C21H28N4O3/c1-3-23-21(24-15-16-8-10-17(11-9-16)20(22)26)25-18-6-4-7-19(14-18)28-13-5-12-27-2/h4,6-11,14H,3,5,12-13,15H2,1-2H3,(H2,22,26)(H2,23,24,25). The lowest BCUT2D eigenvalue weighted by molar-refractivity contribution is 0.100. The van der Waals surface area contributed by atoms with E-state index in [1.54, 1.807) is 19.2 Å². The molecule has 0 heterocycles. The zero-order valence-corrected chi connectivity index (χ0v) is 16.4. The Morgan fingerprint density at radius 2 is 1.93 bits per heavy atom. The van der Waals surface area contributed by atoms with Crippen LogP contribution in [-0.4, -0.2) is 38.7 Å². The Balaban J connectivity index is 1.99. The molecule has 28 heavy (non-hydrogen) atoms. The highest BCUT2D eigenvalue weighted by Crippen LogP contribution is 2.17. The van der Waals surface area contributed by atoms with E-state index in [2.05, 4.69) is 15.6 Å². The monoisotopic (exact) mass is 384 g/mol. The maximum atomic E-state index is 11.2. The molecule has 0 fully saturated rings. The number of amides is 1. The predicted octanol–water partition coefficient (Wildman–Crippen LogP) is 2.78. The molecular formula is C21H28N4O3. The Morgan fingerprint density at radius 1 is 1.14 bits per heavy atom. The van der Waals surface area contributed by atoms with Crippen molar-refractivity contribution in [3.63, 3.8) is 0 Å². The quantitative estimate of drug-likeness (QED) is 0.332. The molecular weight excluding hydrogens is 356 g/mol. The van der Waals surface area contributed by atoms with Gasteiger partial charge in [-0.15, -0.1) is 0 Å². The van der Waals surface area contributed by atoms with Gasteiger partial charge < -0.3 is 25.8 Å². The maximum Gasteiger partial charge on any atom is 0.248 e. The molecule has 7 nitrogen and oxygen atoms in total. The zero-order valence-electron chi connectivity index (χ0n) is 16.4. The Kier molecular flexibility index (Phi) is 8.81. The van der Waals surface area contributed by atoms with Crippen molar-refractivity contribution in [2.45, 2.75) is 19.9 Å². The van der Waals surface area contributed by atoms with E-state index in [0.29, 0.717) is 31.3 Å². The van der Waals surface area contributed by atoms with Crippen molar-refractivity contribution >= 4 is 17.6 Å². The van der Waals surface area contributed by atoms with Crippen LogP contribution in [0.2, 0.25) is 0 Å². The summed E-state index contributed by atoms with van der Waals surface area (Å²) in [6.07, 6.45) is 0.840. The molecule has 2 rings (SSSR count). The number of ether oxygens (including phenoxy) is 2. The largest absolute Gasteiger partial charge is 0.493 e. The molecule has 0 saturated heterocycles. The summed E-state index contributed by atoms with van der Waals surface area (Å²) in [5.74, 6) is 1.02. The van der Waals surface area contributed by atoms with E-state index < -0.39 is 5.91 Å². The molecule has 0 aromatic heterocycles. The van der Waals surface area contributed by atoms with Crippen molar-refractivity contribution in [2.24, 2.45) is 10.7 Å². The van der Waals surface area contributed by atoms with Gasteiger partial charge in [0, 0.05) is 44.0 Å². The number of carbonyl (C=O) groups is 1. The molecule has 0 saturated carbocycles. The highest BCUT2D eigenvalue weighted by atomic mass is 16.5. The van der Waals surface area contributed by atoms with Crippen LogP contribution in [0.25, 0.3) is 0 Å². The van der Waals surface area contributed by atoms with Gasteiger partial charge in [-0.3, -0.25) is 4.79 Å². The fraction of sp³-hybridized carbons (Fsp3) is 0.333. The van der Waals surface area contributed by atoms with Gasteiger partial charge >= 0.3 is 0 Å².